The second-order valence-electron chi connectivity index (χ2n) is 4.77. The number of benzene rings is 1. The van der Waals surface area contributed by atoms with Crippen molar-refractivity contribution in [3.05, 3.63) is 35.6 Å². The summed E-state index contributed by atoms with van der Waals surface area (Å²) in [6.07, 6.45) is 0.776. The van der Waals surface area contributed by atoms with E-state index in [0.29, 0.717) is 18.7 Å². The van der Waals surface area contributed by atoms with Crippen molar-refractivity contribution in [3.63, 3.8) is 0 Å². The molecule has 0 radical (unpaired) electrons. The van der Waals surface area contributed by atoms with Gasteiger partial charge in [-0.25, -0.2) is 4.39 Å². The zero-order valence-corrected chi connectivity index (χ0v) is 12.3. The van der Waals surface area contributed by atoms with Crippen LogP contribution in [0.5, 0.6) is 0 Å². The third-order valence-electron chi connectivity index (χ3n) is 3.09. The van der Waals surface area contributed by atoms with Crippen molar-refractivity contribution in [2.45, 2.75) is 32.4 Å². The molecular weight excluding hydrogens is 259 g/mol. The molecule has 0 aliphatic carbocycles. The van der Waals surface area contributed by atoms with Gasteiger partial charge in [-0.3, -0.25) is 10.1 Å². The molecule has 112 valence electrons. The van der Waals surface area contributed by atoms with E-state index >= 15 is 0 Å². The summed E-state index contributed by atoms with van der Waals surface area (Å²) >= 11 is 0. The highest BCUT2D eigenvalue weighted by Crippen LogP contribution is 2.16. The lowest BCUT2D eigenvalue weighted by Gasteiger charge is -2.20. The molecule has 1 rings (SSSR count). The first kappa shape index (κ1) is 16.6. The number of halogens is 1. The molecule has 0 aromatic heterocycles. The summed E-state index contributed by atoms with van der Waals surface area (Å²) in [6, 6.07) is 5.96. The normalized spacial score (nSPS) is 13.8. The maximum atomic E-state index is 13.6. The van der Waals surface area contributed by atoms with Gasteiger partial charge in [-0.2, -0.15) is 0 Å². The number of ether oxygens (including phenoxy) is 1. The van der Waals surface area contributed by atoms with E-state index < -0.39 is 0 Å². The summed E-state index contributed by atoms with van der Waals surface area (Å²) in [6.45, 7) is 4.80. The van der Waals surface area contributed by atoms with Gasteiger partial charge in [-0.1, -0.05) is 18.2 Å². The molecule has 0 saturated carbocycles. The highest BCUT2D eigenvalue weighted by molar-refractivity contribution is 5.81. The quantitative estimate of drug-likeness (QED) is 0.717. The molecule has 0 heterocycles. The van der Waals surface area contributed by atoms with Gasteiger partial charge < -0.3 is 10.1 Å². The number of amides is 1. The summed E-state index contributed by atoms with van der Waals surface area (Å²) in [4.78, 5) is 11.8. The molecule has 1 amide bonds. The van der Waals surface area contributed by atoms with Crippen molar-refractivity contribution in [1.82, 2.24) is 10.6 Å². The van der Waals surface area contributed by atoms with E-state index in [1.165, 1.54) is 6.07 Å². The van der Waals surface area contributed by atoms with Crippen molar-refractivity contribution in [2.75, 3.05) is 20.3 Å². The third kappa shape index (κ3) is 5.27. The fraction of sp³-hybridized carbons (Fsp3) is 0.533. The summed E-state index contributed by atoms with van der Waals surface area (Å²) in [5.41, 5.74) is 0.562. The number of carbonyl (C=O) groups excluding carboxylic acids is 1. The SMILES string of the molecule is COCCCNC(=O)C(C)N[C@H](C)c1ccccc1F. The molecule has 0 spiro atoms. The van der Waals surface area contributed by atoms with Gasteiger partial charge in [0, 0.05) is 31.9 Å². The molecule has 0 aliphatic rings. The van der Waals surface area contributed by atoms with Crippen LogP contribution in [0.25, 0.3) is 0 Å². The first-order chi connectivity index (χ1) is 9.56. The summed E-state index contributed by atoms with van der Waals surface area (Å²) in [5.74, 6) is -0.357. The van der Waals surface area contributed by atoms with Gasteiger partial charge in [0.05, 0.1) is 6.04 Å². The summed E-state index contributed by atoms with van der Waals surface area (Å²) < 4.78 is 18.5. The van der Waals surface area contributed by atoms with Gasteiger partial charge in [0.15, 0.2) is 0 Å². The zero-order valence-electron chi connectivity index (χ0n) is 12.3. The van der Waals surface area contributed by atoms with E-state index in [-0.39, 0.29) is 23.8 Å². The largest absolute Gasteiger partial charge is 0.385 e. The summed E-state index contributed by atoms with van der Waals surface area (Å²) in [7, 11) is 1.63. The smallest absolute Gasteiger partial charge is 0.236 e. The van der Waals surface area contributed by atoms with E-state index in [1.807, 2.05) is 6.92 Å². The molecule has 4 nitrogen and oxygen atoms in total. The Morgan fingerprint density at radius 3 is 2.70 bits per heavy atom. The fourth-order valence-corrected chi connectivity index (χ4v) is 1.95. The van der Waals surface area contributed by atoms with E-state index in [4.69, 9.17) is 4.74 Å². The molecule has 2 N–H and O–H groups in total. The Kier molecular flexibility index (Phi) is 7.18. The molecule has 0 saturated heterocycles. The number of nitrogens with one attached hydrogen (secondary N) is 2. The van der Waals surface area contributed by atoms with Gasteiger partial charge in [-0.05, 0) is 26.3 Å². The third-order valence-corrected chi connectivity index (χ3v) is 3.09. The summed E-state index contributed by atoms with van der Waals surface area (Å²) in [5, 5.41) is 5.91. The predicted octanol–water partition coefficient (Wildman–Crippen LogP) is 2.02. The monoisotopic (exact) mass is 282 g/mol. The van der Waals surface area contributed by atoms with Crippen LogP contribution in [0.3, 0.4) is 0 Å². The molecular formula is C15H23FN2O2. The van der Waals surface area contributed by atoms with Gasteiger partial charge in [-0.15, -0.1) is 0 Å². The van der Waals surface area contributed by atoms with Crippen molar-refractivity contribution in [1.29, 1.82) is 0 Å². The Balaban J connectivity index is 2.43. The van der Waals surface area contributed by atoms with Crippen molar-refractivity contribution >= 4 is 5.91 Å². The molecule has 1 aromatic rings. The van der Waals surface area contributed by atoms with Crippen LogP contribution in [0, 0.1) is 5.82 Å². The topological polar surface area (TPSA) is 50.4 Å². The molecule has 0 bridgehead atoms. The molecule has 0 aliphatic heterocycles. The van der Waals surface area contributed by atoms with Gasteiger partial charge in [0.2, 0.25) is 5.91 Å². The predicted molar refractivity (Wildman–Crippen MR) is 76.9 cm³/mol. The van der Waals surface area contributed by atoms with Crippen LogP contribution in [0.2, 0.25) is 0 Å². The van der Waals surface area contributed by atoms with E-state index in [1.54, 1.807) is 32.2 Å². The van der Waals surface area contributed by atoms with E-state index in [2.05, 4.69) is 10.6 Å². The van der Waals surface area contributed by atoms with Gasteiger partial charge in [0.1, 0.15) is 5.82 Å². The second-order valence-corrected chi connectivity index (χ2v) is 4.77. The Hall–Kier alpha value is -1.46. The van der Waals surface area contributed by atoms with Crippen LogP contribution < -0.4 is 10.6 Å². The average Bonchev–Trinajstić information content (AvgIpc) is 2.43. The van der Waals surface area contributed by atoms with E-state index in [0.717, 1.165) is 6.42 Å². The van der Waals surface area contributed by atoms with Crippen LogP contribution in [0.15, 0.2) is 24.3 Å². The maximum absolute atomic E-state index is 13.6. The lowest BCUT2D eigenvalue weighted by molar-refractivity contribution is -0.122. The number of hydrogen-bond donors (Lipinski definition) is 2. The van der Waals surface area contributed by atoms with Crippen LogP contribution >= 0.6 is 0 Å². The van der Waals surface area contributed by atoms with Crippen LogP contribution in [0.1, 0.15) is 31.9 Å². The number of carbonyl (C=O) groups is 1. The molecule has 2 atom stereocenters. The molecule has 20 heavy (non-hydrogen) atoms. The standard InChI is InChI=1S/C15H23FN2O2/c1-11(13-7-4-5-8-14(13)16)18-12(2)15(19)17-9-6-10-20-3/h4-5,7-8,11-12,18H,6,9-10H2,1-3H3,(H,17,19)/t11-,12?/m1/s1. The fourth-order valence-electron chi connectivity index (χ4n) is 1.95. The Labute approximate surface area is 119 Å². The lowest BCUT2D eigenvalue weighted by Crippen LogP contribution is -2.43. The molecule has 5 heteroatoms. The average molecular weight is 282 g/mol. The Morgan fingerprint density at radius 1 is 1.35 bits per heavy atom. The minimum Gasteiger partial charge on any atom is -0.385 e. The van der Waals surface area contributed by atoms with Crippen molar-refractivity contribution < 1.29 is 13.9 Å². The Bertz CT molecular complexity index is 426. The van der Waals surface area contributed by atoms with Crippen LogP contribution in [-0.4, -0.2) is 32.2 Å². The molecule has 0 fully saturated rings. The number of methoxy groups -OCH3 is 1. The van der Waals surface area contributed by atoms with Crippen molar-refractivity contribution in [2.24, 2.45) is 0 Å². The maximum Gasteiger partial charge on any atom is 0.236 e. The first-order valence-electron chi connectivity index (χ1n) is 6.83. The van der Waals surface area contributed by atoms with Gasteiger partial charge in [0.25, 0.3) is 0 Å². The minimum atomic E-state index is -0.382. The lowest BCUT2D eigenvalue weighted by atomic mass is 10.1. The zero-order chi connectivity index (χ0) is 15.0. The van der Waals surface area contributed by atoms with Crippen molar-refractivity contribution in [3.8, 4) is 0 Å². The minimum absolute atomic E-state index is 0.0932. The van der Waals surface area contributed by atoms with E-state index in [9.17, 15) is 9.18 Å². The van der Waals surface area contributed by atoms with Crippen LogP contribution in [0.4, 0.5) is 4.39 Å². The first-order valence-corrected chi connectivity index (χ1v) is 6.83. The number of hydrogen-bond acceptors (Lipinski definition) is 3. The highest BCUT2D eigenvalue weighted by atomic mass is 19.1. The van der Waals surface area contributed by atoms with Crippen LogP contribution in [-0.2, 0) is 9.53 Å². The highest BCUT2D eigenvalue weighted by Gasteiger charge is 2.17. The molecule has 1 unspecified atom stereocenters. The number of rotatable bonds is 8. The Morgan fingerprint density at radius 2 is 2.05 bits per heavy atom. The van der Waals surface area contributed by atoms with Gasteiger partial charge >= 0.3 is 0 Å². The molecule has 1 aromatic carbocycles. The second kappa shape index (κ2) is 8.66.